The van der Waals surface area contributed by atoms with Gasteiger partial charge < -0.3 is 14.4 Å². The average Bonchev–Trinajstić information content (AvgIpc) is 3.42. The zero-order chi connectivity index (χ0) is 22.2. The van der Waals surface area contributed by atoms with E-state index in [1.165, 1.54) is 6.26 Å². The second-order valence-corrected chi connectivity index (χ2v) is 11.3. The summed E-state index contributed by atoms with van der Waals surface area (Å²) in [4.78, 5) is 18.2. The summed E-state index contributed by atoms with van der Waals surface area (Å²) in [5.74, 6) is 2.03. The van der Waals surface area contributed by atoms with Crippen molar-refractivity contribution in [2.24, 2.45) is 0 Å². The van der Waals surface area contributed by atoms with Gasteiger partial charge in [-0.2, -0.15) is 0 Å². The molecule has 1 aliphatic heterocycles. The maximum atomic E-state index is 12.2. The quantitative estimate of drug-likeness (QED) is 0.618. The van der Waals surface area contributed by atoms with Crippen LogP contribution in [0.1, 0.15) is 56.7 Å². The third-order valence-corrected chi connectivity index (χ3v) is 8.47. The van der Waals surface area contributed by atoms with Crippen molar-refractivity contribution in [2.45, 2.75) is 56.3 Å². The number of aromatic nitrogens is 1. The normalized spacial score (nSPS) is 21.0. The second kappa shape index (κ2) is 8.26. The van der Waals surface area contributed by atoms with E-state index in [2.05, 4.69) is 11.8 Å². The molecular weight excluding hydrogens is 412 g/mol. The number of carbonyl (C=O) groups excluding carboxylic acids is 1. The Balaban J connectivity index is 1.39. The van der Waals surface area contributed by atoms with E-state index in [-0.39, 0.29) is 17.8 Å². The number of ketones is 1. The van der Waals surface area contributed by atoms with Crippen LogP contribution in [0.5, 0.6) is 5.75 Å². The third kappa shape index (κ3) is 4.61. The Morgan fingerprint density at radius 1 is 1.23 bits per heavy atom. The average molecular weight is 443 g/mol. The minimum absolute atomic E-state index is 0.0516. The number of ether oxygens (including phenoxy) is 1. The number of hydrogen-bond acceptors (Lipinski definition) is 6. The molecule has 2 fully saturated rings. The largest absolute Gasteiger partial charge is 0.489 e. The lowest BCUT2D eigenvalue weighted by Crippen LogP contribution is -2.27. The lowest BCUT2D eigenvalue weighted by atomic mass is 9.96. The molecule has 6 nitrogen and oxygen atoms in total. The highest BCUT2D eigenvalue weighted by Gasteiger charge is 2.54. The van der Waals surface area contributed by atoms with Crippen LogP contribution >= 0.6 is 0 Å². The van der Waals surface area contributed by atoms with Crippen LogP contribution < -0.4 is 9.64 Å². The molecule has 0 N–H and O–H groups in total. The van der Waals surface area contributed by atoms with Crippen LogP contribution in [0.15, 0.2) is 42.5 Å². The van der Waals surface area contributed by atoms with Crippen molar-refractivity contribution < 1.29 is 17.9 Å². The van der Waals surface area contributed by atoms with Gasteiger partial charge in [0.05, 0.1) is 12.2 Å². The molecule has 2 atom stereocenters. The molecule has 2 aliphatic rings. The first-order chi connectivity index (χ1) is 14.7. The summed E-state index contributed by atoms with van der Waals surface area (Å²) in [6.45, 7) is 5.21. The highest BCUT2D eigenvalue weighted by atomic mass is 32.2. The Bertz CT molecular complexity index is 1060. The van der Waals surface area contributed by atoms with E-state index in [0.29, 0.717) is 31.5 Å². The Labute approximate surface area is 184 Å². The Hall–Kier alpha value is -2.41. The van der Waals surface area contributed by atoms with Crippen LogP contribution in [-0.2, 0) is 19.4 Å². The summed E-state index contributed by atoms with van der Waals surface area (Å²) in [5, 5.41) is 0. The maximum absolute atomic E-state index is 12.2. The van der Waals surface area contributed by atoms with Crippen molar-refractivity contribution in [3.63, 3.8) is 0 Å². The van der Waals surface area contributed by atoms with Gasteiger partial charge in [-0.3, -0.25) is 0 Å². The van der Waals surface area contributed by atoms with E-state index in [9.17, 15) is 13.2 Å². The van der Waals surface area contributed by atoms with Gasteiger partial charge in [0.2, 0.25) is 0 Å². The molecule has 1 unspecified atom stereocenters. The number of nitrogens with zero attached hydrogens (tertiary/aromatic N) is 2. The summed E-state index contributed by atoms with van der Waals surface area (Å²) in [6, 6.07) is 13.7. The van der Waals surface area contributed by atoms with E-state index in [0.717, 1.165) is 30.1 Å². The van der Waals surface area contributed by atoms with Gasteiger partial charge in [-0.05, 0) is 55.5 Å². The molecule has 1 aliphatic carbocycles. The van der Waals surface area contributed by atoms with Gasteiger partial charge >= 0.3 is 0 Å². The van der Waals surface area contributed by atoms with Crippen molar-refractivity contribution >= 4 is 21.4 Å². The summed E-state index contributed by atoms with van der Waals surface area (Å²) in [5.41, 5.74) is 1.80. The molecule has 0 radical (unpaired) electrons. The minimum Gasteiger partial charge on any atom is -0.489 e. The Morgan fingerprint density at radius 2 is 1.94 bits per heavy atom. The van der Waals surface area contributed by atoms with Crippen molar-refractivity contribution in [3.05, 3.63) is 53.7 Å². The Morgan fingerprint density at radius 3 is 2.55 bits per heavy atom. The molecule has 0 amide bonds. The lowest BCUT2D eigenvalue weighted by Gasteiger charge is -2.20. The number of sulfone groups is 1. The first-order valence-electron chi connectivity index (χ1n) is 10.9. The van der Waals surface area contributed by atoms with E-state index in [1.807, 2.05) is 42.5 Å². The lowest BCUT2D eigenvalue weighted by molar-refractivity contribution is -0.117. The van der Waals surface area contributed by atoms with Crippen LogP contribution in [0.4, 0.5) is 5.82 Å². The fourth-order valence-electron chi connectivity index (χ4n) is 4.43. The molecule has 1 saturated carbocycles. The van der Waals surface area contributed by atoms with Gasteiger partial charge in [0.1, 0.15) is 28.2 Å². The molecule has 7 heteroatoms. The van der Waals surface area contributed by atoms with E-state index >= 15 is 0 Å². The van der Waals surface area contributed by atoms with Gasteiger partial charge in [-0.15, -0.1) is 0 Å². The van der Waals surface area contributed by atoms with E-state index < -0.39 is 14.6 Å². The zero-order valence-electron chi connectivity index (χ0n) is 18.4. The molecule has 1 saturated heterocycles. The van der Waals surface area contributed by atoms with Crippen molar-refractivity contribution in [2.75, 3.05) is 24.2 Å². The highest BCUT2D eigenvalue weighted by molar-refractivity contribution is 7.91. The predicted molar refractivity (Wildman–Crippen MR) is 121 cm³/mol. The molecule has 1 aromatic heterocycles. The number of Topliss-reactive ketones (excluding diaryl/α,β-unsaturated/α-hetero) is 1. The number of rotatable bonds is 8. The molecule has 0 spiro atoms. The third-order valence-electron chi connectivity index (χ3n) is 6.43. The van der Waals surface area contributed by atoms with Gasteiger partial charge in [0.25, 0.3) is 0 Å². The fourth-order valence-corrected chi connectivity index (χ4v) is 5.77. The molecule has 2 aromatic rings. The van der Waals surface area contributed by atoms with Crippen LogP contribution in [0.3, 0.4) is 0 Å². The predicted octanol–water partition coefficient (Wildman–Crippen LogP) is 3.86. The molecule has 0 bridgehead atoms. The standard InChI is InChI=1S/C24H30N2O4S/c1-17(15-18(2)27)19-7-9-20(10-8-19)30-21-11-14-26(16-21)23-6-4-5-22(25-23)24(12-13-24)31(3,28)29/h4-10,17,21H,11-16H2,1-3H3/t17-,21?/m1/s1. The molecule has 166 valence electrons. The SMILES string of the molecule is CC(=O)C[C@@H](C)c1ccc(OC2CCN(c3cccc(C4(S(C)(=O)=O)CC4)n3)C2)cc1. The minimum atomic E-state index is -3.18. The van der Waals surface area contributed by atoms with E-state index in [1.54, 1.807) is 6.92 Å². The van der Waals surface area contributed by atoms with Gasteiger partial charge in [0.15, 0.2) is 9.84 Å². The summed E-state index contributed by atoms with van der Waals surface area (Å²) >= 11 is 0. The molecule has 31 heavy (non-hydrogen) atoms. The summed E-state index contributed by atoms with van der Waals surface area (Å²) < 4.78 is 29.8. The smallest absolute Gasteiger partial charge is 0.158 e. The van der Waals surface area contributed by atoms with Crippen LogP contribution in [0, 0.1) is 0 Å². The first-order valence-corrected chi connectivity index (χ1v) is 12.8. The van der Waals surface area contributed by atoms with E-state index in [4.69, 9.17) is 9.72 Å². The molecule has 4 rings (SSSR count). The summed E-state index contributed by atoms with van der Waals surface area (Å²) in [6.07, 6.45) is 4.08. The molecule has 1 aromatic carbocycles. The van der Waals surface area contributed by atoms with Gasteiger partial charge in [-0.25, -0.2) is 13.4 Å². The van der Waals surface area contributed by atoms with Crippen molar-refractivity contribution in [3.8, 4) is 5.75 Å². The maximum Gasteiger partial charge on any atom is 0.158 e. The van der Waals surface area contributed by atoms with Crippen LogP contribution in [0.25, 0.3) is 0 Å². The number of hydrogen-bond donors (Lipinski definition) is 0. The number of carbonyl (C=O) groups is 1. The van der Waals surface area contributed by atoms with Crippen LogP contribution in [0.2, 0.25) is 0 Å². The van der Waals surface area contributed by atoms with Gasteiger partial charge in [-0.1, -0.05) is 25.1 Å². The highest BCUT2D eigenvalue weighted by Crippen LogP contribution is 2.51. The van der Waals surface area contributed by atoms with Crippen LogP contribution in [-0.4, -0.2) is 44.6 Å². The zero-order valence-corrected chi connectivity index (χ0v) is 19.2. The second-order valence-electron chi connectivity index (χ2n) is 9.00. The van der Waals surface area contributed by atoms with Gasteiger partial charge in [0, 0.05) is 25.6 Å². The molecular formula is C24H30N2O4S. The number of benzene rings is 1. The summed E-state index contributed by atoms with van der Waals surface area (Å²) in [7, 11) is -3.18. The van der Waals surface area contributed by atoms with Crippen molar-refractivity contribution in [1.29, 1.82) is 0 Å². The number of anilines is 1. The number of pyridine rings is 1. The van der Waals surface area contributed by atoms with Crippen molar-refractivity contribution in [1.82, 2.24) is 4.98 Å². The monoisotopic (exact) mass is 442 g/mol. The first kappa shape index (κ1) is 21.8. The Kier molecular flexibility index (Phi) is 5.81. The topological polar surface area (TPSA) is 76.6 Å². The molecule has 2 heterocycles. The fraction of sp³-hybridized carbons (Fsp3) is 0.500.